The van der Waals surface area contributed by atoms with E-state index >= 15 is 0 Å². The molecular weight excluding hydrogens is 214 g/mol. The second-order valence-electron chi connectivity index (χ2n) is 4.60. The molecule has 0 bridgehead atoms. The molecule has 1 atom stereocenters. The summed E-state index contributed by atoms with van der Waals surface area (Å²) < 4.78 is 5.00. The van der Waals surface area contributed by atoms with Crippen LogP contribution in [-0.2, 0) is 15.1 Å². The zero-order valence-electron chi connectivity index (χ0n) is 10.5. The van der Waals surface area contributed by atoms with Crippen LogP contribution in [-0.4, -0.2) is 19.6 Å². The van der Waals surface area contributed by atoms with Crippen molar-refractivity contribution in [2.24, 2.45) is 0 Å². The van der Waals surface area contributed by atoms with E-state index in [0.29, 0.717) is 0 Å². The van der Waals surface area contributed by atoms with Gasteiger partial charge in [0.25, 0.3) is 0 Å². The molecule has 1 aromatic carbocycles. The van der Waals surface area contributed by atoms with E-state index in [2.05, 4.69) is 5.32 Å². The summed E-state index contributed by atoms with van der Waals surface area (Å²) in [6.45, 7) is 2.90. The van der Waals surface area contributed by atoms with Crippen LogP contribution in [0, 0.1) is 6.92 Å². The highest BCUT2D eigenvalue weighted by molar-refractivity contribution is 5.83. The van der Waals surface area contributed by atoms with Gasteiger partial charge in [0.15, 0.2) is 0 Å². The Labute approximate surface area is 102 Å². The molecule has 0 aromatic heterocycles. The van der Waals surface area contributed by atoms with Crippen LogP contribution >= 0.6 is 0 Å². The van der Waals surface area contributed by atoms with E-state index in [4.69, 9.17) is 4.74 Å². The summed E-state index contributed by atoms with van der Waals surface area (Å²) in [4.78, 5) is 12.2. The van der Waals surface area contributed by atoms with Crippen molar-refractivity contribution in [2.45, 2.75) is 31.7 Å². The summed E-state index contributed by atoms with van der Waals surface area (Å²) in [6.07, 6.45) is 2.98. The predicted octanol–water partition coefficient (Wildman–Crippen LogP) is 2.14. The summed E-state index contributed by atoms with van der Waals surface area (Å²) in [5.41, 5.74) is 1.54. The van der Waals surface area contributed by atoms with Crippen molar-refractivity contribution in [3.05, 3.63) is 35.4 Å². The second-order valence-corrected chi connectivity index (χ2v) is 4.60. The van der Waals surface area contributed by atoms with Gasteiger partial charge in [0, 0.05) is 0 Å². The van der Waals surface area contributed by atoms with Crippen molar-refractivity contribution in [1.82, 2.24) is 5.32 Å². The number of ether oxygens (including phenoxy) is 1. The van der Waals surface area contributed by atoms with Gasteiger partial charge in [-0.2, -0.15) is 0 Å². The molecule has 1 fully saturated rings. The molecule has 92 valence electrons. The summed E-state index contributed by atoms with van der Waals surface area (Å²) in [5.74, 6) is -0.175. The number of rotatable bonds is 2. The number of nitrogens with one attached hydrogen (secondary N) is 1. The highest BCUT2D eigenvalue weighted by atomic mass is 16.5. The Hall–Kier alpha value is -1.35. The zero-order valence-corrected chi connectivity index (χ0v) is 10.5. The molecule has 0 radical (unpaired) electrons. The van der Waals surface area contributed by atoms with Gasteiger partial charge < -0.3 is 4.74 Å². The minimum absolute atomic E-state index is 0.175. The first-order valence-corrected chi connectivity index (χ1v) is 6.10. The maximum atomic E-state index is 12.2. The molecule has 0 spiro atoms. The summed E-state index contributed by atoms with van der Waals surface area (Å²) >= 11 is 0. The molecule has 0 aliphatic carbocycles. The fourth-order valence-electron chi connectivity index (χ4n) is 2.65. The van der Waals surface area contributed by atoms with Gasteiger partial charge in [0.05, 0.1) is 7.11 Å². The number of hydrogen-bond acceptors (Lipinski definition) is 3. The van der Waals surface area contributed by atoms with Crippen LogP contribution in [0.2, 0.25) is 0 Å². The molecular formula is C14H19NO2. The Morgan fingerprint density at radius 3 is 2.71 bits per heavy atom. The number of carbonyl (C=O) groups is 1. The lowest BCUT2D eigenvalue weighted by molar-refractivity contribution is -0.150. The maximum absolute atomic E-state index is 12.2. The van der Waals surface area contributed by atoms with E-state index in [9.17, 15) is 4.79 Å². The van der Waals surface area contributed by atoms with E-state index in [1.165, 1.54) is 7.11 Å². The van der Waals surface area contributed by atoms with Crippen molar-refractivity contribution < 1.29 is 9.53 Å². The van der Waals surface area contributed by atoms with Gasteiger partial charge in [-0.15, -0.1) is 0 Å². The summed E-state index contributed by atoms with van der Waals surface area (Å²) in [6, 6.07) is 8.02. The Balaban J connectivity index is 2.46. The quantitative estimate of drug-likeness (QED) is 0.795. The van der Waals surface area contributed by atoms with Gasteiger partial charge in [-0.25, -0.2) is 4.79 Å². The molecule has 3 heteroatoms. The molecule has 1 unspecified atom stereocenters. The number of hydrogen-bond donors (Lipinski definition) is 1. The van der Waals surface area contributed by atoms with Gasteiger partial charge >= 0.3 is 5.97 Å². The average Bonchev–Trinajstić information content (AvgIpc) is 2.39. The van der Waals surface area contributed by atoms with Crippen LogP contribution in [0.5, 0.6) is 0 Å². The van der Waals surface area contributed by atoms with Crippen molar-refractivity contribution in [3.63, 3.8) is 0 Å². The molecule has 1 aliphatic heterocycles. The van der Waals surface area contributed by atoms with Crippen molar-refractivity contribution in [3.8, 4) is 0 Å². The van der Waals surface area contributed by atoms with Crippen molar-refractivity contribution in [2.75, 3.05) is 13.7 Å². The van der Waals surface area contributed by atoms with Crippen LogP contribution in [0.3, 0.4) is 0 Å². The van der Waals surface area contributed by atoms with Crippen LogP contribution < -0.4 is 5.32 Å². The Morgan fingerprint density at radius 1 is 1.35 bits per heavy atom. The van der Waals surface area contributed by atoms with E-state index in [0.717, 1.165) is 36.9 Å². The van der Waals surface area contributed by atoms with E-state index < -0.39 is 5.54 Å². The number of aryl methyl sites for hydroxylation is 1. The number of esters is 1. The Kier molecular flexibility index (Phi) is 3.48. The molecule has 1 saturated heterocycles. The van der Waals surface area contributed by atoms with Crippen LogP contribution in [0.4, 0.5) is 0 Å². The highest BCUT2D eigenvalue weighted by Crippen LogP contribution is 2.33. The monoisotopic (exact) mass is 233 g/mol. The molecule has 1 N–H and O–H groups in total. The average molecular weight is 233 g/mol. The van der Waals surface area contributed by atoms with Crippen LogP contribution in [0.15, 0.2) is 24.3 Å². The summed E-state index contributed by atoms with van der Waals surface area (Å²) in [7, 11) is 1.46. The predicted molar refractivity (Wildman–Crippen MR) is 66.7 cm³/mol. The Bertz CT molecular complexity index is 408. The second kappa shape index (κ2) is 4.88. The zero-order chi connectivity index (χ0) is 12.3. The van der Waals surface area contributed by atoms with Gasteiger partial charge in [-0.1, -0.05) is 24.3 Å². The highest BCUT2D eigenvalue weighted by Gasteiger charge is 2.42. The molecule has 2 rings (SSSR count). The van der Waals surface area contributed by atoms with Crippen LogP contribution in [0.1, 0.15) is 30.4 Å². The molecule has 1 aromatic rings. The molecule has 3 nitrogen and oxygen atoms in total. The van der Waals surface area contributed by atoms with Gasteiger partial charge in [0.1, 0.15) is 5.54 Å². The largest absolute Gasteiger partial charge is 0.467 e. The molecule has 0 amide bonds. The van der Waals surface area contributed by atoms with Gasteiger partial charge in [-0.3, -0.25) is 5.32 Å². The Morgan fingerprint density at radius 2 is 2.12 bits per heavy atom. The SMILES string of the molecule is COC(=O)C1(c2ccccc2C)CCCCN1. The lowest BCUT2D eigenvalue weighted by atomic mass is 9.80. The van der Waals surface area contributed by atoms with E-state index in [1.54, 1.807) is 0 Å². The fourth-order valence-corrected chi connectivity index (χ4v) is 2.65. The normalized spacial score (nSPS) is 24.4. The smallest absolute Gasteiger partial charge is 0.330 e. The maximum Gasteiger partial charge on any atom is 0.330 e. The standard InChI is InChI=1S/C14H19NO2/c1-11-7-3-4-8-12(11)14(13(16)17-2)9-5-6-10-15-14/h3-4,7-8,15H,5-6,9-10H2,1-2H3. The minimum Gasteiger partial charge on any atom is -0.467 e. The number of piperidine rings is 1. The van der Waals surface area contributed by atoms with E-state index in [-0.39, 0.29) is 5.97 Å². The van der Waals surface area contributed by atoms with Crippen molar-refractivity contribution in [1.29, 1.82) is 0 Å². The number of carbonyl (C=O) groups excluding carboxylic acids is 1. The molecule has 1 heterocycles. The summed E-state index contributed by atoms with van der Waals surface area (Å²) in [5, 5.41) is 3.37. The van der Waals surface area contributed by atoms with Gasteiger partial charge in [-0.05, 0) is 43.9 Å². The van der Waals surface area contributed by atoms with Gasteiger partial charge in [0.2, 0.25) is 0 Å². The molecule has 1 aliphatic rings. The van der Waals surface area contributed by atoms with E-state index in [1.807, 2.05) is 31.2 Å². The third-order valence-electron chi connectivity index (χ3n) is 3.54. The minimum atomic E-state index is -0.641. The third kappa shape index (κ3) is 2.07. The first-order valence-electron chi connectivity index (χ1n) is 6.10. The lowest BCUT2D eigenvalue weighted by Crippen LogP contribution is -2.52. The fraction of sp³-hybridized carbons (Fsp3) is 0.500. The third-order valence-corrected chi connectivity index (χ3v) is 3.54. The van der Waals surface area contributed by atoms with Crippen molar-refractivity contribution >= 4 is 5.97 Å². The first kappa shape index (κ1) is 12.1. The molecule has 17 heavy (non-hydrogen) atoms. The molecule has 0 saturated carbocycles. The first-order chi connectivity index (χ1) is 8.20. The topological polar surface area (TPSA) is 38.3 Å². The number of methoxy groups -OCH3 is 1. The lowest BCUT2D eigenvalue weighted by Gasteiger charge is -2.37. The number of benzene rings is 1. The van der Waals surface area contributed by atoms with Crippen LogP contribution in [0.25, 0.3) is 0 Å².